The molecule has 0 saturated carbocycles. The summed E-state index contributed by atoms with van der Waals surface area (Å²) in [7, 11) is 0. The van der Waals surface area contributed by atoms with Crippen LogP contribution in [0.1, 0.15) is 0 Å². The second-order valence-electron chi connectivity index (χ2n) is 13.8. The minimum Gasteiger partial charge on any atom is -0.248 e. The number of pyridine rings is 2. The summed E-state index contributed by atoms with van der Waals surface area (Å²) in [5.74, 6) is 0. The van der Waals surface area contributed by atoms with Crippen LogP contribution in [0.3, 0.4) is 0 Å². The van der Waals surface area contributed by atoms with Gasteiger partial charge in [-0.1, -0.05) is 97.1 Å². The molecule has 10 rings (SSSR count). The fourth-order valence-electron chi connectivity index (χ4n) is 7.40. The van der Waals surface area contributed by atoms with Gasteiger partial charge in [-0.2, -0.15) is 0 Å². The first-order valence-electron chi connectivity index (χ1n) is 18.5. The predicted molar refractivity (Wildman–Crippen MR) is 226 cm³/mol. The molecule has 262 valence electrons. The molecule has 10 aromatic rings. The fourth-order valence-corrected chi connectivity index (χ4v) is 7.40. The number of hydrogen-bond acceptors (Lipinski definition) is 6. The Bertz CT molecular complexity index is 2890. The smallest absolute Gasteiger partial charge is 0.115 e. The lowest BCUT2D eigenvalue weighted by Gasteiger charge is -2.14. The Balaban J connectivity index is 1.11. The first kappa shape index (κ1) is 32.9. The van der Waals surface area contributed by atoms with Crippen molar-refractivity contribution in [3.05, 3.63) is 195 Å². The maximum atomic E-state index is 5.00. The topological polar surface area (TPSA) is 77.3 Å². The summed E-state index contributed by atoms with van der Waals surface area (Å²) in [4.78, 5) is 26.8. The van der Waals surface area contributed by atoms with Crippen molar-refractivity contribution in [2.45, 2.75) is 0 Å². The molecule has 0 unspecified atom stereocenters. The molecule has 0 spiro atoms. The van der Waals surface area contributed by atoms with Gasteiger partial charge in [-0.3, -0.25) is 0 Å². The Hall–Kier alpha value is -7.70. The second-order valence-corrected chi connectivity index (χ2v) is 13.8. The lowest BCUT2D eigenvalue weighted by molar-refractivity contribution is 1.16. The molecule has 0 aliphatic carbocycles. The number of benzene rings is 6. The van der Waals surface area contributed by atoms with Gasteiger partial charge in [-0.15, -0.1) is 0 Å². The molecule has 4 aromatic heterocycles. The van der Waals surface area contributed by atoms with Crippen LogP contribution in [0.2, 0.25) is 0 Å². The maximum Gasteiger partial charge on any atom is 0.115 e. The number of hydrogen-bond donors (Lipinski definition) is 0. The van der Waals surface area contributed by atoms with Gasteiger partial charge in [-0.25, -0.2) is 29.9 Å². The van der Waals surface area contributed by atoms with Crippen LogP contribution in [0.5, 0.6) is 0 Å². The van der Waals surface area contributed by atoms with E-state index in [2.05, 4.69) is 141 Å². The molecular formula is C50H32N6. The van der Waals surface area contributed by atoms with Crippen molar-refractivity contribution in [2.24, 2.45) is 0 Å². The van der Waals surface area contributed by atoms with Crippen LogP contribution >= 0.6 is 0 Å². The van der Waals surface area contributed by atoms with Gasteiger partial charge in [0.1, 0.15) is 12.7 Å². The average Bonchev–Trinajstić information content (AvgIpc) is 3.29. The summed E-state index contributed by atoms with van der Waals surface area (Å²) in [6.07, 6.45) is 10.2. The van der Waals surface area contributed by atoms with Gasteiger partial charge in [0.15, 0.2) is 0 Å². The molecule has 0 aliphatic rings. The van der Waals surface area contributed by atoms with E-state index in [9.17, 15) is 0 Å². The molecule has 0 fully saturated rings. The molecule has 0 N–H and O–H groups in total. The van der Waals surface area contributed by atoms with Gasteiger partial charge in [0.25, 0.3) is 0 Å². The third kappa shape index (κ3) is 6.46. The Kier molecular flexibility index (Phi) is 8.39. The Labute approximate surface area is 324 Å². The van der Waals surface area contributed by atoms with Gasteiger partial charge in [0, 0.05) is 47.0 Å². The molecule has 0 aliphatic heterocycles. The molecule has 56 heavy (non-hydrogen) atoms. The highest BCUT2D eigenvalue weighted by molar-refractivity contribution is 6.08. The average molecular weight is 717 g/mol. The van der Waals surface area contributed by atoms with E-state index in [4.69, 9.17) is 9.97 Å². The molecule has 0 amide bonds. The summed E-state index contributed by atoms with van der Waals surface area (Å²) < 4.78 is 0. The first-order chi connectivity index (χ1) is 27.7. The molecule has 0 atom stereocenters. The molecule has 6 aromatic carbocycles. The van der Waals surface area contributed by atoms with Crippen molar-refractivity contribution in [1.82, 2.24) is 29.9 Å². The highest BCUT2D eigenvalue weighted by Gasteiger charge is 2.13. The zero-order valence-corrected chi connectivity index (χ0v) is 30.2. The van der Waals surface area contributed by atoms with Gasteiger partial charge in [0.05, 0.1) is 22.8 Å². The SMILES string of the molecule is c1cc(-c2cc(-c3cccc(-c4cccc(-c5cncnc5)n4)c3)cc(-c3ccc4ccc5ccccc5c4c3)c2)cc(-c2cccc(-c3cncnc3)n2)c1. The van der Waals surface area contributed by atoms with E-state index in [0.717, 1.165) is 78.4 Å². The number of rotatable bonds is 7. The number of fused-ring (bicyclic) bond motifs is 3. The third-order valence-corrected chi connectivity index (χ3v) is 10.2. The van der Waals surface area contributed by atoms with Gasteiger partial charge in [0.2, 0.25) is 0 Å². The van der Waals surface area contributed by atoms with Crippen molar-refractivity contribution in [1.29, 1.82) is 0 Å². The van der Waals surface area contributed by atoms with E-state index in [1.165, 1.54) is 34.2 Å². The largest absolute Gasteiger partial charge is 0.248 e. The Morgan fingerprint density at radius 3 is 1.18 bits per heavy atom. The third-order valence-electron chi connectivity index (χ3n) is 10.2. The van der Waals surface area contributed by atoms with E-state index in [-0.39, 0.29) is 0 Å². The van der Waals surface area contributed by atoms with E-state index >= 15 is 0 Å². The first-order valence-corrected chi connectivity index (χ1v) is 18.5. The van der Waals surface area contributed by atoms with Crippen LogP contribution in [0.15, 0.2) is 195 Å². The summed E-state index contributed by atoms with van der Waals surface area (Å²) in [6.45, 7) is 0. The molecule has 0 radical (unpaired) electrons. The molecule has 0 bridgehead atoms. The van der Waals surface area contributed by atoms with Crippen molar-refractivity contribution < 1.29 is 0 Å². The van der Waals surface area contributed by atoms with Crippen LogP contribution in [0.4, 0.5) is 0 Å². The number of aromatic nitrogens is 6. The van der Waals surface area contributed by atoms with Crippen LogP contribution < -0.4 is 0 Å². The van der Waals surface area contributed by atoms with E-state index in [0.29, 0.717) is 0 Å². The second kappa shape index (κ2) is 14.3. The van der Waals surface area contributed by atoms with E-state index in [1.54, 1.807) is 24.8 Å². The Morgan fingerprint density at radius 1 is 0.250 bits per heavy atom. The highest BCUT2D eigenvalue weighted by atomic mass is 14.8. The fraction of sp³-hybridized carbons (Fsp3) is 0. The van der Waals surface area contributed by atoms with Gasteiger partial charge in [-0.05, 0) is 116 Å². The van der Waals surface area contributed by atoms with E-state index in [1.807, 2.05) is 36.4 Å². The van der Waals surface area contributed by atoms with Crippen molar-refractivity contribution >= 4 is 21.5 Å². The van der Waals surface area contributed by atoms with Crippen molar-refractivity contribution in [3.63, 3.8) is 0 Å². The lowest BCUT2D eigenvalue weighted by Crippen LogP contribution is -1.91. The standard InChI is InChI=1S/C50H32N6/c1-2-12-45-33(7-1)17-18-34-19-20-37(26-46(34)45)42-24-40(35-8-3-10-38(21-35)47-13-5-15-49(55-47)43-27-51-31-52-28-43)23-41(25-42)36-9-4-11-39(22-36)48-14-6-16-50(56-48)44-29-53-32-54-30-44/h1-32H. The summed E-state index contributed by atoms with van der Waals surface area (Å²) in [5, 5.41) is 4.94. The minimum atomic E-state index is 0.832. The zero-order valence-electron chi connectivity index (χ0n) is 30.2. The monoisotopic (exact) mass is 716 g/mol. The molecule has 6 nitrogen and oxygen atoms in total. The minimum absolute atomic E-state index is 0.832. The quantitative estimate of drug-likeness (QED) is 0.153. The van der Waals surface area contributed by atoms with Gasteiger partial charge >= 0.3 is 0 Å². The highest BCUT2D eigenvalue weighted by Crippen LogP contribution is 2.37. The van der Waals surface area contributed by atoms with Crippen LogP contribution in [-0.2, 0) is 0 Å². The zero-order chi connectivity index (χ0) is 37.3. The van der Waals surface area contributed by atoms with Crippen molar-refractivity contribution in [2.75, 3.05) is 0 Å². The summed E-state index contributed by atoms with van der Waals surface area (Å²) in [5.41, 5.74) is 14.0. The predicted octanol–water partition coefficient (Wildman–Crippen LogP) is 12.0. The van der Waals surface area contributed by atoms with Crippen LogP contribution in [0.25, 0.3) is 100.0 Å². The summed E-state index contributed by atoms with van der Waals surface area (Å²) >= 11 is 0. The normalized spacial score (nSPS) is 11.2. The summed E-state index contributed by atoms with van der Waals surface area (Å²) in [6, 6.07) is 56.1. The Morgan fingerprint density at radius 2 is 0.643 bits per heavy atom. The lowest BCUT2D eigenvalue weighted by atomic mass is 9.90. The van der Waals surface area contributed by atoms with Gasteiger partial charge < -0.3 is 0 Å². The number of nitrogens with zero attached hydrogens (tertiary/aromatic N) is 6. The molecular weight excluding hydrogens is 685 g/mol. The van der Waals surface area contributed by atoms with Crippen LogP contribution in [0, 0.1) is 0 Å². The van der Waals surface area contributed by atoms with Crippen molar-refractivity contribution in [3.8, 4) is 78.4 Å². The molecule has 0 saturated heterocycles. The van der Waals surface area contributed by atoms with Crippen LogP contribution in [-0.4, -0.2) is 29.9 Å². The maximum absolute atomic E-state index is 5.00. The molecule has 6 heteroatoms. The molecule has 4 heterocycles. The van der Waals surface area contributed by atoms with E-state index < -0.39 is 0 Å².